The lowest BCUT2D eigenvalue weighted by Crippen LogP contribution is -2.34. The maximum Gasteiger partial charge on any atom is 0.336 e. The summed E-state index contributed by atoms with van der Waals surface area (Å²) in [5.74, 6) is -2.39. The zero-order valence-corrected chi connectivity index (χ0v) is 18.0. The Hall–Kier alpha value is -3.18. The van der Waals surface area contributed by atoms with Crippen LogP contribution >= 0.6 is 0 Å². The van der Waals surface area contributed by atoms with E-state index in [2.05, 4.69) is 10.3 Å². The molecule has 0 bridgehead atoms. The van der Waals surface area contributed by atoms with Crippen LogP contribution in [-0.4, -0.2) is 41.8 Å². The molecule has 1 aromatic heterocycles. The van der Waals surface area contributed by atoms with Gasteiger partial charge in [-0.15, -0.1) is 0 Å². The van der Waals surface area contributed by atoms with Crippen LogP contribution in [0.5, 0.6) is 0 Å². The molecule has 0 spiro atoms. The number of methoxy groups -OCH3 is 1. The van der Waals surface area contributed by atoms with Gasteiger partial charge in [-0.3, -0.25) is 4.98 Å². The van der Waals surface area contributed by atoms with Crippen molar-refractivity contribution in [3.63, 3.8) is 0 Å². The van der Waals surface area contributed by atoms with E-state index in [1.807, 2.05) is 6.07 Å². The van der Waals surface area contributed by atoms with Crippen molar-refractivity contribution in [3.8, 4) is 6.07 Å². The van der Waals surface area contributed by atoms with Gasteiger partial charge in [0, 0.05) is 24.7 Å². The van der Waals surface area contributed by atoms with Gasteiger partial charge in [-0.05, 0) is 44.7 Å². The van der Waals surface area contributed by atoms with Crippen LogP contribution in [0.2, 0.25) is 0 Å². The van der Waals surface area contributed by atoms with Crippen LogP contribution in [0.15, 0.2) is 40.9 Å². The molecule has 1 fully saturated rings. The average Bonchev–Trinajstić information content (AvgIpc) is 3.28. The molecule has 8 nitrogen and oxygen atoms in total. The van der Waals surface area contributed by atoms with Gasteiger partial charge in [0.15, 0.2) is 0 Å². The van der Waals surface area contributed by atoms with Gasteiger partial charge in [-0.2, -0.15) is 5.26 Å². The molecule has 2 aliphatic rings. The number of nitriles is 1. The first kappa shape index (κ1) is 22.5. The number of dihydropyridines is 1. The highest BCUT2D eigenvalue weighted by molar-refractivity contribution is 5.99. The van der Waals surface area contributed by atoms with Crippen molar-refractivity contribution >= 4 is 11.9 Å². The molecule has 0 saturated heterocycles. The zero-order valence-electron chi connectivity index (χ0n) is 18.0. The Morgan fingerprint density at radius 1 is 1.29 bits per heavy atom. The van der Waals surface area contributed by atoms with Crippen LogP contribution in [0.3, 0.4) is 0 Å². The molecule has 0 radical (unpaired) electrons. The predicted octanol–water partition coefficient (Wildman–Crippen LogP) is 3.02. The predicted molar refractivity (Wildman–Crippen MR) is 112 cm³/mol. The fourth-order valence-electron chi connectivity index (χ4n) is 4.48. The number of hydrogen-bond acceptors (Lipinski definition) is 7. The molecule has 1 aliphatic heterocycles. The number of pyridine rings is 1. The minimum atomic E-state index is -1.17. The summed E-state index contributed by atoms with van der Waals surface area (Å²) in [6.45, 7) is 3.43. The van der Waals surface area contributed by atoms with Crippen molar-refractivity contribution in [2.45, 2.75) is 51.6 Å². The van der Waals surface area contributed by atoms with Gasteiger partial charge < -0.3 is 19.9 Å². The second-order valence-corrected chi connectivity index (χ2v) is 7.94. The summed E-state index contributed by atoms with van der Waals surface area (Å²) in [5.41, 5.74) is 1.72. The number of hydrogen-bond donors (Lipinski definition) is 2. The monoisotopic (exact) mass is 425 g/mol. The highest BCUT2D eigenvalue weighted by atomic mass is 16.6. The van der Waals surface area contributed by atoms with Crippen LogP contribution in [-0.2, 0) is 19.1 Å². The van der Waals surface area contributed by atoms with Crippen LogP contribution in [0.1, 0.15) is 56.7 Å². The van der Waals surface area contributed by atoms with Crippen molar-refractivity contribution in [3.05, 3.63) is 52.1 Å². The van der Waals surface area contributed by atoms with Gasteiger partial charge in [0.25, 0.3) is 0 Å². The summed E-state index contributed by atoms with van der Waals surface area (Å²) in [7, 11) is 1.61. The number of nitrogens with one attached hydrogen (secondary N) is 1. The van der Waals surface area contributed by atoms with Crippen LogP contribution < -0.4 is 5.32 Å². The lowest BCUT2D eigenvalue weighted by atomic mass is 9.82. The van der Waals surface area contributed by atoms with Crippen molar-refractivity contribution < 1.29 is 24.2 Å². The third kappa shape index (κ3) is 4.78. The molecule has 164 valence electrons. The van der Waals surface area contributed by atoms with Gasteiger partial charge in [0.1, 0.15) is 6.61 Å². The lowest BCUT2D eigenvalue weighted by Gasteiger charge is -2.29. The molecule has 2 heterocycles. The van der Waals surface area contributed by atoms with Crippen molar-refractivity contribution in [1.82, 2.24) is 10.3 Å². The Morgan fingerprint density at radius 2 is 1.97 bits per heavy atom. The Bertz CT molecular complexity index is 970. The molecule has 3 rings (SSSR count). The van der Waals surface area contributed by atoms with Crippen molar-refractivity contribution in [1.29, 1.82) is 5.26 Å². The van der Waals surface area contributed by atoms with E-state index in [1.54, 1.807) is 21.0 Å². The SMILES string of the molecule is COC(COC(=O)C1=C(C)NC(C)=C(C(=O)O)C1c1cc(C#N)ccn1)C1CCCC1. The fourth-order valence-corrected chi connectivity index (χ4v) is 4.48. The van der Waals surface area contributed by atoms with Crippen LogP contribution in [0, 0.1) is 17.2 Å². The highest BCUT2D eigenvalue weighted by Gasteiger charge is 2.38. The van der Waals surface area contributed by atoms with Crippen molar-refractivity contribution in [2.75, 3.05) is 13.7 Å². The molecular formula is C23H27N3O5. The number of rotatable bonds is 7. The first-order valence-corrected chi connectivity index (χ1v) is 10.3. The van der Waals surface area contributed by atoms with Crippen LogP contribution in [0.25, 0.3) is 0 Å². The van der Waals surface area contributed by atoms with E-state index in [9.17, 15) is 20.0 Å². The van der Waals surface area contributed by atoms with Gasteiger partial charge in [0.2, 0.25) is 0 Å². The quantitative estimate of drug-likeness (QED) is 0.640. The first-order chi connectivity index (χ1) is 14.9. The number of ether oxygens (including phenoxy) is 2. The number of aliphatic carboxylic acids is 1. The largest absolute Gasteiger partial charge is 0.478 e. The topological polar surface area (TPSA) is 122 Å². The second kappa shape index (κ2) is 9.75. The summed E-state index contributed by atoms with van der Waals surface area (Å²) in [6, 6.07) is 5.06. The number of esters is 1. The Labute approximate surface area is 181 Å². The normalized spacial score (nSPS) is 20.3. The molecule has 8 heteroatoms. The minimum Gasteiger partial charge on any atom is -0.478 e. The molecule has 2 unspecified atom stereocenters. The summed E-state index contributed by atoms with van der Waals surface area (Å²) in [5, 5.41) is 22.1. The molecule has 1 saturated carbocycles. The van der Waals surface area contributed by atoms with E-state index in [1.165, 1.54) is 18.3 Å². The van der Waals surface area contributed by atoms with Crippen molar-refractivity contribution in [2.24, 2.45) is 5.92 Å². The second-order valence-electron chi connectivity index (χ2n) is 7.94. The van der Waals surface area contributed by atoms with Gasteiger partial charge in [-0.25, -0.2) is 9.59 Å². The van der Waals surface area contributed by atoms with Gasteiger partial charge in [0.05, 0.1) is 40.5 Å². The Balaban J connectivity index is 1.93. The highest BCUT2D eigenvalue weighted by Crippen LogP contribution is 2.38. The lowest BCUT2D eigenvalue weighted by molar-refractivity contribution is -0.144. The summed E-state index contributed by atoms with van der Waals surface area (Å²) in [4.78, 5) is 29.5. The number of allylic oxidation sites excluding steroid dienone is 2. The first-order valence-electron chi connectivity index (χ1n) is 10.3. The third-order valence-corrected chi connectivity index (χ3v) is 6.02. The Kier molecular flexibility index (Phi) is 7.08. The number of carboxylic acid groups (broad SMARTS) is 1. The molecule has 2 atom stereocenters. The fraction of sp³-hybridized carbons (Fsp3) is 0.478. The van der Waals surface area contributed by atoms with E-state index in [4.69, 9.17) is 9.47 Å². The van der Waals surface area contributed by atoms with E-state index in [0.29, 0.717) is 28.6 Å². The molecule has 31 heavy (non-hydrogen) atoms. The molecule has 1 aliphatic carbocycles. The molecule has 0 amide bonds. The van der Waals surface area contributed by atoms with E-state index in [0.717, 1.165) is 25.7 Å². The summed E-state index contributed by atoms with van der Waals surface area (Å²) < 4.78 is 11.2. The van der Waals surface area contributed by atoms with E-state index < -0.39 is 17.9 Å². The number of nitrogens with zero attached hydrogens (tertiary/aromatic N) is 2. The standard InChI is InChI=1S/C23H27N3O5/c1-13-19(22(27)28)21(17-10-15(11-24)8-9-25-17)20(14(2)26-13)23(29)31-12-18(30-3)16-6-4-5-7-16/h8-10,16,18,21,26H,4-7,12H2,1-3H3,(H,27,28). The smallest absolute Gasteiger partial charge is 0.336 e. The number of carboxylic acids is 1. The number of carbonyl (C=O) groups is 2. The summed E-state index contributed by atoms with van der Waals surface area (Å²) >= 11 is 0. The summed E-state index contributed by atoms with van der Waals surface area (Å²) in [6.07, 6.45) is 5.60. The van der Waals surface area contributed by atoms with Crippen LogP contribution in [0.4, 0.5) is 0 Å². The minimum absolute atomic E-state index is 0.000718. The third-order valence-electron chi connectivity index (χ3n) is 6.02. The zero-order chi connectivity index (χ0) is 22.5. The average molecular weight is 425 g/mol. The Morgan fingerprint density at radius 3 is 2.58 bits per heavy atom. The van der Waals surface area contributed by atoms with E-state index >= 15 is 0 Å². The molecule has 2 N–H and O–H groups in total. The number of carbonyl (C=O) groups excluding carboxylic acids is 1. The molecule has 0 aromatic carbocycles. The maximum absolute atomic E-state index is 13.2. The van der Waals surface area contributed by atoms with Gasteiger partial charge >= 0.3 is 11.9 Å². The maximum atomic E-state index is 13.2. The van der Waals surface area contributed by atoms with Gasteiger partial charge in [-0.1, -0.05) is 12.8 Å². The molecular weight excluding hydrogens is 398 g/mol. The van der Waals surface area contributed by atoms with E-state index in [-0.39, 0.29) is 23.9 Å². The number of aromatic nitrogens is 1. The molecule has 1 aromatic rings.